The first kappa shape index (κ1) is 12.6. The molecule has 4 nitrogen and oxygen atoms in total. The lowest BCUT2D eigenvalue weighted by Gasteiger charge is -2.06. The number of hydrogen-bond acceptors (Lipinski definition) is 3. The van der Waals surface area contributed by atoms with E-state index in [-0.39, 0.29) is 12.3 Å². The van der Waals surface area contributed by atoms with Gasteiger partial charge in [-0.15, -0.1) is 4.48 Å². The van der Waals surface area contributed by atoms with Crippen molar-refractivity contribution >= 4 is 16.7 Å². The van der Waals surface area contributed by atoms with Gasteiger partial charge in [0, 0.05) is 18.9 Å². The van der Waals surface area contributed by atoms with Crippen molar-refractivity contribution in [2.45, 2.75) is 13.3 Å². The molecule has 0 aliphatic heterocycles. The zero-order valence-corrected chi connectivity index (χ0v) is 10.4. The van der Waals surface area contributed by atoms with Crippen LogP contribution in [0.1, 0.15) is 23.0 Å². The number of benzene rings is 1. The first-order chi connectivity index (χ1) is 8.70. The van der Waals surface area contributed by atoms with E-state index >= 15 is 0 Å². The van der Waals surface area contributed by atoms with E-state index in [2.05, 4.69) is 0 Å². The zero-order chi connectivity index (χ0) is 13.1. The van der Waals surface area contributed by atoms with Gasteiger partial charge in [0.1, 0.15) is 12.8 Å². The van der Waals surface area contributed by atoms with Crippen LogP contribution >= 0.6 is 0 Å². The van der Waals surface area contributed by atoms with Crippen molar-refractivity contribution in [2.24, 2.45) is 0 Å². The van der Waals surface area contributed by atoms with Crippen molar-refractivity contribution in [2.75, 3.05) is 13.7 Å². The highest BCUT2D eigenvalue weighted by molar-refractivity contribution is 6.01. The molecule has 1 N–H and O–H groups in total. The highest BCUT2D eigenvalue weighted by Gasteiger charge is 2.20. The van der Waals surface area contributed by atoms with Gasteiger partial charge in [0.15, 0.2) is 5.78 Å². The highest BCUT2D eigenvalue weighted by atomic mass is 19.2. The lowest BCUT2D eigenvalue weighted by molar-refractivity contribution is 0.0961. The van der Waals surface area contributed by atoms with Gasteiger partial charge in [-0.3, -0.25) is 4.79 Å². The number of ketones is 1. The van der Waals surface area contributed by atoms with E-state index < -0.39 is 0 Å². The Morgan fingerprint density at radius 2 is 2.17 bits per heavy atom. The maximum absolute atomic E-state index is 12.1. The largest absolute Gasteiger partial charge is 0.416 e. The lowest BCUT2D eigenvalue weighted by atomic mass is 10.1. The molecule has 5 heteroatoms. The molecule has 0 aliphatic carbocycles. The summed E-state index contributed by atoms with van der Waals surface area (Å²) in [4.78, 5) is 17.0. The van der Waals surface area contributed by atoms with Crippen LogP contribution in [0.5, 0.6) is 0 Å². The molecule has 0 amide bonds. The standard InChI is InChI=1S/C13H15FN2O2/c1-9(17)13-11(7-8-15-14)10-5-3-4-6-12(10)16(13)18-2/h3-6,15H,7-8H2,1-2H3. The minimum Gasteiger partial charge on any atom is -0.416 e. The number of carbonyl (C=O) groups excluding carboxylic acids is 1. The maximum atomic E-state index is 12.1. The number of nitrogens with zero attached hydrogens (tertiary/aromatic N) is 1. The molecule has 1 aromatic carbocycles. The molecule has 2 rings (SSSR count). The van der Waals surface area contributed by atoms with Gasteiger partial charge in [-0.1, -0.05) is 18.2 Å². The topological polar surface area (TPSA) is 43.3 Å². The number of fused-ring (bicyclic) bond motifs is 1. The second kappa shape index (κ2) is 5.18. The summed E-state index contributed by atoms with van der Waals surface area (Å²) in [5.41, 5.74) is 3.72. The first-order valence-corrected chi connectivity index (χ1v) is 5.72. The average molecular weight is 250 g/mol. The average Bonchev–Trinajstić information content (AvgIpc) is 2.70. The van der Waals surface area contributed by atoms with Crippen molar-refractivity contribution < 1.29 is 14.1 Å². The van der Waals surface area contributed by atoms with Crippen molar-refractivity contribution in [1.29, 1.82) is 0 Å². The predicted molar refractivity (Wildman–Crippen MR) is 67.3 cm³/mol. The van der Waals surface area contributed by atoms with Gasteiger partial charge in [-0.25, -0.2) is 0 Å². The van der Waals surface area contributed by atoms with Crippen LogP contribution in [0.2, 0.25) is 0 Å². The molecule has 0 radical (unpaired) electrons. The van der Waals surface area contributed by atoms with E-state index in [0.717, 1.165) is 16.5 Å². The van der Waals surface area contributed by atoms with Crippen molar-refractivity contribution in [1.82, 2.24) is 10.3 Å². The third-order valence-electron chi connectivity index (χ3n) is 2.92. The Morgan fingerprint density at radius 1 is 1.44 bits per heavy atom. The summed E-state index contributed by atoms with van der Waals surface area (Å²) in [6.45, 7) is 1.65. The van der Waals surface area contributed by atoms with Crippen molar-refractivity contribution in [3.05, 3.63) is 35.5 Å². The molecular weight excluding hydrogens is 235 g/mol. The lowest BCUT2D eigenvalue weighted by Crippen LogP contribution is -2.15. The monoisotopic (exact) mass is 250 g/mol. The Morgan fingerprint density at radius 3 is 2.78 bits per heavy atom. The van der Waals surface area contributed by atoms with Gasteiger partial charge in [-0.05, 0) is 18.1 Å². The third kappa shape index (κ3) is 1.97. The van der Waals surface area contributed by atoms with Crippen molar-refractivity contribution in [3.63, 3.8) is 0 Å². The van der Waals surface area contributed by atoms with Crippen LogP contribution in [0.4, 0.5) is 4.48 Å². The van der Waals surface area contributed by atoms with E-state index in [1.807, 2.05) is 24.3 Å². The minimum absolute atomic E-state index is 0.0955. The van der Waals surface area contributed by atoms with Gasteiger partial charge in [0.2, 0.25) is 0 Å². The number of nitrogens with one attached hydrogen (secondary N) is 1. The molecule has 0 fully saturated rings. The van der Waals surface area contributed by atoms with Crippen LogP contribution in [0.3, 0.4) is 0 Å². The fourth-order valence-electron chi connectivity index (χ4n) is 2.25. The number of rotatable bonds is 5. The van der Waals surface area contributed by atoms with Crippen molar-refractivity contribution in [3.8, 4) is 0 Å². The Labute approximate surface area is 104 Å². The Balaban J connectivity index is 2.70. The predicted octanol–water partition coefficient (Wildman–Crippen LogP) is 1.92. The number of para-hydroxylation sites is 1. The van der Waals surface area contributed by atoms with Crippen LogP contribution in [0, 0.1) is 0 Å². The summed E-state index contributed by atoms with van der Waals surface area (Å²) < 4.78 is 13.6. The molecule has 96 valence electrons. The molecule has 0 unspecified atom stereocenters. The molecule has 0 atom stereocenters. The summed E-state index contributed by atoms with van der Waals surface area (Å²) in [7, 11) is 1.51. The van der Waals surface area contributed by atoms with Crippen LogP contribution in [0.25, 0.3) is 10.9 Å². The summed E-state index contributed by atoms with van der Waals surface area (Å²) in [6.07, 6.45) is 0.433. The Kier molecular flexibility index (Phi) is 3.62. The third-order valence-corrected chi connectivity index (χ3v) is 2.92. The second-order valence-electron chi connectivity index (χ2n) is 4.01. The van der Waals surface area contributed by atoms with Crippen LogP contribution < -0.4 is 10.4 Å². The maximum Gasteiger partial charge on any atom is 0.179 e. The molecule has 0 saturated carbocycles. The Hall–Kier alpha value is -1.88. The Bertz CT molecular complexity index is 578. The molecular formula is C13H15FN2O2. The van der Waals surface area contributed by atoms with Gasteiger partial charge in [-0.2, -0.15) is 10.3 Å². The molecule has 1 aromatic heterocycles. The summed E-state index contributed by atoms with van der Waals surface area (Å²) in [5.74, 6) is -0.0955. The van der Waals surface area contributed by atoms with Crippen LogP contribution in [0.15, 0.2) is 24.3 Å². The number of halogens is 1. The normalized spacial score (nSPS) is 10.8. The number of aromatic nitrogens is 1. The number of carbonyl (C=O) groups is 1. The number of hydrogen-bond donors (Lipinski definition) is 1. The molecule has 0 spiro atoms. The van der Waals surface area contributed by atoms with E-state index in [9.17, 15) is 9.28 Å². The first-order valence-electron chi connectivity index (χ1n) is 5.72. The zero-order valence-electron chi connectivity index (χ0n) is 10.4. The highest BCUT2D eigenvalue weighted by Crippen LogP contribution is 2.26. The second-order valence-corrected chi connectivity index (χ2v) is 4.01. The van der Waals surface area contributed by atoms with E-state index in [0.29, 0.717) is 12.1 Å². The fraction of sp³-hybridized carbons (Fsp3) is 0.308. The number of Topliss-reactive ketones (excluding diaryl/α,β-unsaturated/α-hetero) is 1. The smallest absolute Gasteiger partial charge is 0.179 e. The SMILES string of the molecule is COn1c(C(C)=O)c(CCNF)c2ccccc21. The molecule has 0 saturated heterocycles. The molecule has 2 aromatic rings. The summed E-state index contributed by atoms with van der Waals surface area (Å²) >= 11 is 0. The van der Waals surface area contributed by atoms with Crippen LogP contribution in [-0.2, 0) is 6.42 Å². The summed E-state index contributed by atoms with van der Waals surface area (Å²) in [5, 5.41) is 0.916. The summed E-state index contributed by atoms with van der Waals surface area (Å²) in [6, 6.07) is 7.54. The molecule has 0 aliphatic rings. The molecule has 18 heavy (non-hydrogen) atoms. The fourth-order valence-corrected chi connectivity index (χ4v) is 2.25. The minimum atomic E-state index is -0.0955. The molecule has 0 bridgehead atoms. The quantitative estimate of drug-likeness (QED) is 0.651. The molecule has 1 heterocycles. The van der Waals surface area contributed by atoms with Gasteiger partial charge < -0.3 is 4.84 Å². The van der Waals surface area contributed by atoms with Gasteiger partial charge in [0.05, 0.1) is 5.52 Å². The van der Waals surface area contributed by atoms with Gasteiger partial charge in [0.25, 0.3) is 0 Å². The van der Waals surface area contributed by atoms with E-state index in [4.69, 9.17) is 4.84 Å². The van der Waals surface area contributed by atoms with Gasteiger partial charge >= 0.3 is 0 Å². The van der Waals surface area contributed by atoms with E-state index in [1.165, 1.54) is 18.8 Å². The van der Waals surface area contributed by atoms with Crippen LogP contribution in [-0.4, -0.2) is 24.2 Å². The van der Waals surface area contributed by atoms with E-state index in [1.54, 1.807) is 5.54 Å².